The first-order valence-corrected chi connectivity index (χ1v) is 4.56. The highest BCUT2D eigenvalue weighted by Gasteiger charge is 2.21. The number of hydrogen-bond donors (Lipinski definition) is 1. The van der Waals surface area contributed by atoms with E-state index in [1.54, 1.807) is 6.92 Å². The van der Waals surface area contributed by atoms with Gasteiger partial charge in [0, 0.05) is 13.0 Å². The van der Waals surface area contributed by atoms with Gasteiger partial charge in [0.2, 0.25) is 5.91 Å². The van der Waals surface area contributed by atoms with Gasteiger partial charge < -0.3 is 5.32 Å². The van der Waals surface area contributed by atoms with Crippen LogP contribution in [0.4, 0.5) is 0 Å². The Morgan fingerprint density at radius 1 is 1.18 bits per heavy atom. The Bertz CT molecular complexity index is 87.6. The third kappa shape index (κ3) is 12.6. The molecular weight excluding hydrogens is 138 g/mol. The van der Waals surface area contributed by atoms with Crippen molar-refractivity contribution >= 4 is 5.91 Å². The largest absolute Gasteiger partial charge is 0.354 e. The summed E-state index contributed by atoms with van der Waals surface area (Å²) in [7, 11) is 0. The highest BCUT2D eigenvalue weighted by atomic mass is 16.1. The van der Waals surface area contributed by atoms with Gasteiger partial charge in [-0.1, -0.05) is 27.7 Å². The molecule has 1 aliphatic rings. The van der Waals surface area contributed by atoms with Crippen LogP contribution in [-0.4, -0.2) is 11.9 Å². The van der Waals surface area contributed by atoms with E-state index in [1.165, 1.54) is 12.8 Å². The molecule has 11 heavy (non-hydrogen) atoms. The predicted molar refractivity (Wildman–Crippen MR) is 49.5 cm³/mol. The van der Waals surface area contributed by atoms with Crippen LogP contribution < -0.4 is 5.32 Å². The maximum atomic E-state index is 10.2. The summed E-state index contributed by atoms with van der Waals surface area (Å²) in [6.45, 7) is 9.55. The first kappa shape index (κ1) is 13.1. The van der Waals surface area contributed by atoms with Crippen molar-refractivity contribution in [2.45, 2.75) is 53.5 Å². The number of rotatable bonds is 1. The quantitative estimate of drug-likeness (QED) is 0.625. The summed E-state index contributed by atoms with van der Waals surface area (Å²) < 4.78 is 0. The molecule has 0 spiro atoms. The van der Waals surface area contributed by atoms with Gasteiger partial charge in [0.25, 0.3) is 0 Å². The minimum absolute atomic E-state index is 0.0995. The maximum Gasteiger partial charge on any atom is 0.217 e. The van der Waals surface area contributed by atoms with Gasteiger partial charge in [0.05, 0.1) is 0 Å². The second-order valence-electron chi connectivity index (χ2n) is 1.97. The third-order valence-corrected chi connectivity index (χ3v) is 0.985. The average molecular weight is 159 g/mol. The summed E-state index contributed by atoms with van der Waals surface area (Å²) in [5, 5.41) is 2.78. The van der Waals surface area contributed by atoms with Crippen LogP contribution in [0.2, 0.25) is 0 Å². The van der Waals surface area contributed by atoms with Crippen LogP contribution in [0.5, 0.6) is 0 Å². The lowest BCUT2D eigenvalue weighted by molar-refractivity contribution is -0.119. The highest BCUT2D eigenvalue weighted by Crippen LogP contribution is 2.17. The number of nitrogens with one attached hydrogen (secondary N) is 1. The van der Waals surface area contributed by atoms with E-state index in [9.17, 15) is 4.79 Å². The normalized spacial score (nSPS) is 13.2. The fourth-order valence-corrected chi connectivity index (χ4v) is 0.515. The molecule has 0 aliphatic heterocycles. The fourth-order valence-electron chi connectivity index (χ4n) is 0.515. The monoisotopic (exact) mass is 159 g/mol. The molecule has 2 heteroatoms. The second-order valence-corrected chi connectivity index (χ2v) is 1.97. The van der Waals surface area contributed by atoms with Crippen molar-refractivity contribution in [3.63, 3.8) is 0 Å². The zero-order chi connectivity index (χ0) is 9.28. The van der Waals surface area contributed by atoms with Crippen LogP contribution in [-0.2, 0) is 4.79 Å². The van der Waals surface area contributed by atoms with Crippen molar-refractivity contribution in [3.05, 3.63) is 0 Å². The number of carbonyl (C=O) groups excluding carboxylic acids is 1. The van der Waals surface area contributed by atoms with Crippen molar-refractivity contribution in [2.24, 2.45) is 0 Å². The summed E-state index contributed by atoms with van der Waals surface area (Å²) in [5.41, 5.74) is 0. The zero-order valence-electron chi connectivity index (χ0n) is 8.40. The molecule has 1 N–H and O–H groups in total. The van der Waals surface area contributed by atoms with Crippen molar-refractivity contribution in [1.82, 2.24) is 5.32 Å². The number of amides is 1. The minimum atomic E-state index is 0.0995. The Morgan fingerprint density at radius 3 is 1.64 bits per heavy atom. The minimum Gasteiger partial charge on any atom is -0.354 e. The Hall–Kier alpha value is -0.530. The van der Waals surface area contributed by atoms with Crippen LogP contribution in [0, 0.1) is 0 Å². The van der Waals surface area contributed by atoms with E-state index in [4.69, 9.17) is 0 Å². The molecule has 0 bridgehead atoms. The molecule has 1 amide bonds. The molecule has 0 heterocycles. The van der Waals surface area contributed by atoms with Gasteiger partial charge in [0.15, 0.2) is 0 Å². The molecule has 1 fully saturated rings. The Kier molecular flexibility index (Phi) is 11.3. The lowest BCUT2D eigenvalue weighted by Crippen LogP contribution is -2.21. The summed E-state index contributed by atoms with van der Waals surface area (Å²) >= 11 is 0. The highest BCUT2D eigenvalue weighted by molar-refractivity contribution is 5.73. The molecule has 2 nitrogen and oxygen atoms in total. The lowest BCUT2D eigenvalue weighted by Gasteiger charge is -1.91. The second kappa shape index (κ2) is 9.47. The van der Waals surface area contributed by atoms with E-state index in [1.807, 2.05) is 27.7 Å². The molecule has 0 radical (unpaired) electrons. The van der Waals surface area contributed by atoms with Crippen LogP contribution >= 0.6 is 0 Å². The van der Waals surface area contributed by atoms with Crippen LogP contribution in [0.3, 0.4) is 0 Å². The average Bonchev–Trinajstić information content (AvgIpc) is 2.80. The first-order valence-electron chi connectivity index (χ1n) is 4.56. The van der Waals surface area contributed by atoms with E-state index in [-0.39, 0.29) is 5.91 Å². The van der Waals surface area contributed by atoms with Crippen molar-refractivity contribution < 1.29 is 4.79 Å². The Morgan fingerprint density at radius 2 is 1.55 bits per heavy atom. The van der Waals surface area contributed by atoms with Crippen LogP contribution in [0.25, 0.3) is 0 Å². The van der Waals surface area contributed by atoms with Crippen LogP contribution in [0.1, 0.15) is 47.5 Å². The van der Waals surface area contributed by atoms with Gasteiger partial charge in [0.1, 0.15) is 0 Å². The summed E-state index contributed by atoms with van der Waals surface area (Å²) in [4.78, 5) is 10.2. The first-order chi connectivity index (χ1) is 5.29. The van der Waals surface area contributed by atoms with Gasteiger partial charge in [-0.3, -0.25) is 4.79 Å². The molecule has 0 saturated heterocycles. The summed E-state index contributed by atoms with van der Waals surface area (Å²) in [6.07, 6.45) is 2.36. The Balaban J connectivity index is 0. The maximum absolute atomic E-state index is 10.2. The molecule has 68 valence electrons. The molecule has 0 aromatic carbocycles. The molecule has 0 atom stereocenters. The van der Waals surface area contributed by atoms with E-state index >= 15 is 0 Å². The van der Waals surface area contributed by atoms with Gasteiger partial charge >= 0.3 is 0 Å². The molecule has 0 unspecified atom stereocenters. The van der Waals surface area contributed by atoms with Crippen molar-refractivity contribution in [2.75, 3.05) is 0 Å². The summed E-state index contributed by atoms with van der Waals surface area (Å²) in [6, 6.07) is 0.525. The zero-order valence-corrected chi connectivity index (χ0v) is 8.40. The Labute approximate surface area is 70.4 Å². The van der Waals surface area contributed by atoms with Crippen molar-refractivity contribution in [3.8, 4) is 0 Å². The smallest absolute Gasteiger partial charge is 0.217 e. The molecule has 0 aromatic rings. The third-order valence-electron chi connectivity index (χ3n) is 0.985. The van der Waals surface area contributed by atoms with E-state index < -0.39 is 0 Å². The predicted octanol–water partition coefficient (Wildman–Crippen LogP) is 2.34. The van der Waals surface area contributed by atoms with E-state index in [0.29, 0.717) is 6.04 Å². The van der Waals surface area contributed by atoms with Gasteiger partial charge in [-0.15, -0.1) is 0 Å². The molecule has 1 rings (SSSR count). The lowest BCUT2D eigenvalue weighted by atomic mass is 10.6. The van der Waals surface area contributed by atoms with Gasteiger partial charge in [-0.25, -0.2) is 0 Å². The number of carbonyl (C=O) groups is 1. The SMILES string of the molecule is CC.CC.CC(=O)NC1CC1. The molecule has 0 aromatic heterocycles. The van der Waals surface area contributed by atoms with E-state index in [0.717, 1.165) is 0 Å². The summed E-state index contributed by atoms with van der Waals surface area (Å²) in [5.74, 6) is 0.0995. The topological polar surface area (TPSA) is 29.1 Å². The van der Waals surface area contributed by atoms with Gasteiger partial charge in [-0.05, 0) is 12.8 Å². The van der Waals surface area contributed by atoms with E-state index in [2.05, 4.69) is 5.32 Å². The number of hydrogen-bond acceptors (Lipinski definition) is 1. The fraction of sp³-hybridized carbons (Fsp3) is 0.889. The van der Waals surface area contributed by atoms with Crippen molar-refractivity contribution in [1.29, 1.82) is 0 Å². The molecule has 1 saturated carbocycles. The standard InChI is InChI=1S/C5H9NO.2C2H6/c1-4(7)6-5-2-3-5;2*1-2/h5H,2-3H2,1H3,(H,6,7);2*1-2H3. The molecular formula is C9H21NO. The van der Waals surface area contributed by atoms with Crippen LogP contribution in [0.15, 0.2) is 0 Å². The van der Waals surface area contributed by atoms with Gasteiger partial charge in [-0.2, -0.15) is 0 Å². The molecule has 1 aliphatic carbocycles.